The average molecular weight is 627 g/mol. The van der Waals surface area contributed by atoms with Gasteiger partial charge >= 0.3 is 0 Å². The summed E-state index contributed by atoms with van der Waals surface area (Å²) >= 11 is 0. The summed E-state index contributed by atoms with van der Waals surface area (Å²) in [7, 11) is 3.38. The van der Waals surface area contributed by atoms with Gasteiger partial charge in [0.05, 0.1) is 27.4 Å². The maximum absolute atomic E-state index is 9.76. The SMILES string of the molecule is COc1ccc(-c2cc(-c3ccc(OC)cc3)c3ccc4c(-c5ccc(CO)cc5)cc(-c5ccc(CO)cc5)c5ccc2c3c54)cc1. The van der Waals surface area contributed by atoms with Gasteiger partial charge in [-0.3, -0.25) is 0 Å². The lowest BCUT2D eigenvalue weighted by molar-refractivity contribution is 0.281. The normalized spacial score (nSPS) is 11.5. The molecule has 0 aliphatic carbocycles. The van der Waals surface area contributed by atoms with Crippen LogP contribution in [-0.2, 0) is 13.2 Å². The van der Waals surface area contributed by atoms with Crippen molar-refractivity contribution in [2.24, 2.45) is 0 Å². The standard InChI is InChI=1S/C44H34O4/c1-47-33-15-11-31(12-16-33)41-24-42(32-13-17-34(48-2)18-14-32)38-22-20-36-40(30-9-5-28(26-46)6-10-30)23-39(29-7-3-27(25-45)4-8-29)35-19-21-37(41)44(38)43(35)36/h3-24,45-46H,25-26H2,1-2H3. The molecule has 48 heavy (non-hydrogen) atoms. The van der Waals surface area contributed by atoms with E-state index in [2.05, 4.69) is 84.9 Å². The quantitative estimate of drug-likeness (QED) is 0.165. The lowest BCUT2D eigenvalue weighted by Crippen LogP contribution is -1.95. The number of aliphatic hydroxyl groups is 2. The van der Waals surface area contributed by atoms with Crippen molar-refractivity contribution in [2.45, 2.75) is 13.2 Å². The second-order valence-electron chi connectivity index (χ2n) is 12.2. The topological polar surface area (TPSA) is 58.9 Å². The van der Waals surface area contributed by atoms with Gasteiger partial charge in [0.25, 0.3) is 0 Å². The highest BCUT2D eigenvalue weighted by molar-refractivity contribution is 6.31. The highest BCUT2D eigenvalue weighted by atomic mass is 16.5. The van der Waals surface area contributed by atoms with Crippen molar-refractivity contribution in [2.75, 3.05) is 14.2 Å². The van der Waals surface area contributed by atoms with E-state index >= 15 is 0 Å². The first-order valence-corrected chi connectivity index (χ1v) is 16.1. The number of methoxy groups -OCH3 is 2. The second kappa shape index (κ2) is 12.2. The number of rotatable bonds is 8. The van der Waals surface area contributed by atoms with Crippen LogP contribution in [0.5, 0.6) is 11.5 Å². The molecule has 0 aliphatic heterocycles. The maximum Gasteiger partial charge on any atom is 0.118 e. The summed E-state index contributed by atoms with van der Waals surface area (Å²) in [4.78, 5) is 0. The lowest BCUT2D eigenvalue weighted by atomic mass is 9.82. The largest absolute Gasteiger partial charge is 0.497 e. The molecule has 0 amide bonds. The van der Waals surface area contributed by atoms with Gasteiger partial charge in [0.1, 0.15) is 11.5 Å². The monoisotopic (exact) mass is 626 g/mol. The summed E-state index contributed by atoms with van der Waals surface area (Å²) in [6, 6.07) is 46.6. The molecular weight excluding hydrogens is 592 g/mol. The predicted molar refractivity (Wildman–Crippen MR) is 197 cm³/mol. The molecule has 8 aromatic carbocycles. The summed E-state index contributed by atoms with van der Waals surface area (Å²) < 4.78 is 11.0. The zero-order valence-corrected chi connectivity index (χ0v) is 26.8. The molecule has 0 aromatic heterocycles. The second-order valence-corrected chi connectivity index (χ2v) is 12.2. The van der Waals surface area contributed by atoms with Crippen LogP contribution < -0.4 is 9.47 Å². The Hall–Kier alpha value is -5.68. The first kappa shape index (κ1) is 29.7. The van der Waals surface area contributed by atoms with E-state index in [4.69, 9.17) is 9.47 Å². The van der Waals surface area contributed by atoms with Gasteiger partial charge < -0.3 is 19.7 Å². The van der Waals surface area contributed by atoms with Crippen LogP contribution in [-0.4, -0.2) is 24.4 Å². The van der Waals surface area contributed by atoms with Gasteiger partial charge in [-0.25, -0.2) is 0 Å². The molecule has 8 rings (SSSR count). The smallest absolute Gasteiger partial charge is 0.118 e. The molecule has 0 atom stereocenters. The van der Waals surface area contributed by atoms with Crippen LogP contribution in [0.15, 0.2) is 133 Å². The highest BCUT2D eigenvalue weighted by Crippen LogP contribution is 2.48. The third-order valence-electron chi connectivity index (χ3n) is 9.60. The first-order chi connectivity index (χ1) is 23.6. The Labute approximate surface area is 279 Å². The predicted octanol–water partition coefficient (Wildman–Crippen LogP) is 10.3. The summed E-state index contributed by atoms with van der Waals surface area (Å²) in [5.74, 6) is 1.64. The van der Waals surface area contributed by atoms with E-state index in [0.717, 1.165) is 67.1 Å². The van der Waals surface area contributed by atoms with Crippen LogP contribution >= 0.6 is 0 Å². The minimum absolute atomic E-state index is 0.00346. The molecule has 2 N–H and O–H groups in total. The Balaban J connectivity index is 1.51. The molecule has 8 aromatic rings. The molecule has 0 radical (unpaired) electrons. The van der Waals surface area contributed by atoms with Crippen LogP contribution in [0.1, 0.15) is 11.1 Å². The van der Waals surface area contributed by atoms with Crippen molar-refractivity contribution >= 4 is 32.3 Å². The van der Waals surface area contributed by atoms with Gasteiger partial charge in [-0.15, -0.1) is 0 Å². The third kappa shape index (κ3) is 4.94. The van der Waals surface area contributed by atoms with E-state index < -0.39 is 0 Å². The number of aliphatic hydroxyl groups excluding tert-OH is 2. The summed E-state index contributed by atoms with van der Waals surface area (Å²) in [6.07, 6.45) is 0. The van der Waals surface area contributed by atoms with Crippen LogP contribution in [0.25, 0.3) is 76.8 Å². The van der Waals surface area contributed by atoms with E-state index in [1.54, 1.807) is 14.2 Å². The van der Waals surface area contributed by atoms with E-state index in [9.17, 15) is 10.2 Å². The molecule has 0 saturated heterocycles. The zero-order chi connectivity index (χ0) is 32.8. The van der Waals surface area contributed by atoms with Crippen LogP contribution in [0, 0.1) is 0 Å². The Morgan fingerprint density at radius 3 is 0.896 bits per heavy atom. The lowest BCUT2D eigenvalue weighted by Gasteiger charge is -2.22. The Kier molecular flexibility index (Phi) is 7.53. The molecule has 0 spiro atoms. The average Bonchev–Trinajstić information content (AvgIpc) is 3.16. The van der Waals surface area contributed by atoms with Crippen LogP contribution in [0.3, 0.4) is 0 Å². The van der Waals surface area contributed by atoms with Crippen molar-refractivity contribution in [1.29, 1.82) is 0 Å². The van der Waals surface area contributed by atoms with Gasteiger partial charge in [-0.05, 0) is 124 Å². The molecule has 234 valence electrons. The van der Waals surface area contributed by atoms with E-state index in [-0.39, 0.29) is 13.2 Å². The number of hydrogen-bond acceptors (Lipinski definition) is 4. The third-order valence-corrected chi connectivity index (χ3v) is 9.60. The number of hydrogen-bond donors (Lipinski definition) is 2. The summed E-state index contributed by atoms with van der Waals surface area (Å²) in [5, 5.41) is 26.6. The molecule has 4 heteroatoms. The van der Waals surface area contributed by atoms with Crippen molar-refractivity contribution < 1.29 is 19.7 Å². The summed E-state index contributed by atoms with van der Waals surface area (Å²) in [6.45, 7) is 0.00692. The number of ether oxygens (including phenoxy) is 2. The van der Waals surface area contributed by atoms with Crippen molar-refractivity contribution in [3.63, 3.8) is 0 Å². The molecule has 0 unspecified atom stereocenters. The Morgan fingerprint density at radius 2 is 0.646 bits per heavy atom. The van der Waals surface area contributed by atoms with Gasteiger partial charge in [0.15, 0.2) is 0 Å². The zero-order valence-electron chi connectivity index (χ0n) is 26.8. The van der Waals surface area contributed by atoms with Crippen molar-refractivity contribution in [3.05, 3.63) is 145 Å². The molecule has 4 nitrogen and oxygen atoms in total. The van der Waals surface area contributed by atoms with Crippen LogP contribution in [0.4, 0.5) is 0 Å². The van der Waals surface area contributed by atoms with Gasteiger partial charge in [0.2, 0.25) is 0 Å². The molecule has 0 saturated carbocycles. The first-order valence-electron chi connectivity index (χ1n) is 16.1. The molecule has 0 heterocycles. The fourth-order valence-corrected chi connectivity index (χ4v) is 7.07. The maximum atomic E-state index is 9.76. The Bertz CT molecular complexity index is 2050. The number of benzene rings is 8. The molecular formula is C44H34O4. The minimum atomic E-state index is 0.00346. The molecule has 0 fully saturated rings. The van der Waals surface area contributed by atoms with Gasteiger partial charge in [-0.1, -0.05) is 97.1 Å². The highest BCUT2D eigenvalue weighted by Gasteiger charge is 2.21. The summed E-state index contributed by atoms with van der Waals surface area (Å²) in [5.41, 5.74) is 10.7. The Morgan fingerprint density at radius 1 is 0.375 bits per heavy atom. The molecule has 0 aliphatic rings. The van der Waals surface area contributed by atoms with Crippen LogP contribution in [0.2, 0.25) is 0 Å². The minimum Gasteiger partial charge on any atom is -0.497 e. The van der Waals surface area contributed by atoms with Crippen molar-refractivity contribution in [3.8, 4) is 56.0 Å². The van der Waals surface area contributed by atoms with E-state index in [0.29, 0.717) is 0 Å². The van der Waals surface area contributed by atoms with Gasteiger partial charge in [-0.2, -0.15) is 0 Å². The van der Waals surface area contributed by atoms with Crippen molar-refractivity contribution in [1.82, 2.24) is 0 Å². The molecule has 0 bridgehead atoms. The van der Waals surface area contributed by atoms with E-state index in [1.807, 2.05) is 48.5 Å². The van der Waals surface area contributed by atoms with E-state index in [1.165, 1.54) is 32.3 Å². The van der Waals surface area contributed by atoms with Gasteiger partial charge in [0, 0.05) is 0 Å². The fraction of sp³-hybridized carbons (Fsp3) is 0.0909. The fourth-order valence-electron chi connectivity index (χ4n) is 7.07.